The Hall–Kier alpha value is -1.75. The summed E-state index contributed by atoms with van der Waals surface area (Å²) in [4.78, 5) is 12.7. The molecule has 1 saturated heterocycles. The summed E-state index contributed by atoms with van der Waals surface area (Å²) in [6, 6.07) is 8.47. The predicted molar refractivity (Wildman–Crippen MR) is 128 cm³/mol. The fraction of sp³-hybridized carbons (Fsp3) is 0.621. The third kappa shape index (κ3) is 2.96. The van der Waals surface area contributed by atoms with Crippen LogP contribution in [-0.4, -0.2) is 35.5 Å². The molecule has 1 aromatic rings. The van der Waals surface area contributed by atoms with Crippen LogP contribution in [0.3, 0.4) is 0 Å². The zero-order valence-corrected chi connectivity index (χ0v) is 20.0. The van der Waals surface area contributed by atoms with Crippen molar-refractivity contribution in [2.45, 2.75) is 82.5 Å². The molecule has 0 bridgehead atoms. The highest BCUT2D eigenvalue weighted by Gasteiger charge is 2.63. The van der Waals surface area contributed by atoms with E-state index < -0.39 is 11.4 Å². The number of fused-ring (bicyclic) bond motifs is 4. The largest absolute Gasteiger partial charge is 0.385 e. The van der Waals surface area contributed by atoms with E-state index in [4.69, 9.17) is 9.47 Å². The molecule has 5 aliphatic rings. The van der Waals surface area contributed by atoms with Gasteiger partial charge in [0.2, 0.25) is 0 Å². The van der Waals surface area contributed by atoms with Crippen LogP contribution in [0.25, 0.3) is 5.57 Å². The molecule has 3 saturated carbocycles. The number of carbonyl (C=O) groups excluding carboxylic acids is 1. The number of ketones is 1. The van der Waals surface area contributed by atoms with Crippen LogP contribution < -0.4 is 0 Å². The van der Waals surface area contributed by atoms with E-state index in [9.17, 15) is 9.90 Å². The molecule has 1 N–H and O–H groups in total. The SMILES string of the molecule is C=C(C)c1ccc(C2C3(CCC4=C5CC[C@]6(C)C(=O)CC[C@H]6[C@@H]5CC[C@]42O)OCCO3)cc1. The molecule has 4 nitrogen and oxygen atoms in total. The number of Topliss-reactive ketones (excluding diaryl/α,β-unsaturated/α-hetero) is 1. The van der Waals surface area contributed by atoms with Gasteiger partial charge in [-0.15, -0.1) is 0 Å². The maximum atomic E-state index is 12.7. The highest BCUT2D eigenvalue weighted by atomic mass is 16.7. The third-order valence-electron chi connectivity index (χ3n) is 9.89. The van der Waals surface area contributed by atoms with Crippen LogP contribution in [-0.2, 0) is 14.3 Å². The van der Waals surface area contributed by atoms with Gasteiger partial charge < -0.3 is 14.6 Å². The van der Waals surface area contributed by atoms with Crippen molar-refractivity contribution >= 4 is 11.4 Å². The molecule has 176 valence electrons. The van der Waals surface area contributed by atoms with Crippen LogP contribution in [0.15, 0.2) is 42.0 Å². The van der Waals surface area contributed by atoms with Gasteiger partial charge in [-0.2, -0.15) is 0 Å². The summed E-state index contributed by atoms with van der Waals surface area (Å²) in [7, 11) is 0. The molecule has 4 aliphatic carbocycles. The van der Waals surface area contributed by atoms with E-state index in [1.54, 1.807) is 0 Å². The van der Waals surface area contributed by atoms with E-state index in [2.05, 4.69) is 37.8 Å². The highest BCUT2D eigenvalue weighted by molar-refractivity contribution is 5.87. The summed E-state index contributed by atoms with van der Waals surface area (Å²) >= 11 is 0. The van der Waals surface area contributed by atoms with Crippen LogP contribution >= 0.6 is 0 Å². The van der Waals surface area contributed by atoms with Gasteiger partial charge in [0.1, 0.15) is 5.78 Å². The van der Waals surface area contributed by atoms with Crippen LogP contribution in [0, 0.1) is 17.3 Å². The van der Waals surface area contributed by atoms with E-state index >= 15 is 0 Å². The Morgan fingerprint density at radius 2 is 1.76 bits per heavy atom. The first-order valence-electron chi connectivity index (χ1n) is 12.8. The van der Waals surface area contributed by atoms with E-state index in [-0.39, 0.29) is 11.3 Å². The fourth-order valence-electron chi connectivity index (χ4n) is 8.22. The quantitative estimate of drug-likeness (QED) is 0.602. The van der Waals surface area contributed by atoms with Gasteiger partial charge in [0.15, 0.2) is 5.79 Å². The van der Waals surface area contributed by atoms with E-state index in [0.717, 1.165) is 61.6 Å². The van der Waals surface area contributed by atoms with Crippen molar-refractivity contribution in [3.63, 3.8) is 0 Å². The van der Waals surface area contributed by atoms with Gasteiger partial charge in [0, 0.05) is 18.3 Å². The molecular formula is C29H36O4. The molecule has 4 fully saturated rings. The van der Waals surface area contributed by atoms with Crippen molar-refractivity contribution in [3.8, 4) is 0 Å². The van der Waals surface area contributed by atoms with Crippen LogP contribution in [0.2, 0.25) is 0 Å². The molecule has 4 heteroatoms. The third-order valence-corrected chi connectivity index (χ3v) is 9.89. The molecule has 0 aromatic heterocycles. The van der Waals surface area contributed by atoms with E-state index in [0.29, 0.717) is 37.3 Å². The lowest BCUT2D eigenvalue weighted by Crippen LogP contribution is -2.58. The second-order valence-electron chi connectivity index (χ2n) is 11.4. The van der Waals surface area contributed by atoms with Crippen LogP contribution in [0.1, 0.15) is 82.3 Å². The molecule has 1 spiro atoms. The number of benzene rings is 1. The minimum absolute atomic E-state index is 0.157. The maximum absolute atomic E-state index is 12.7. The Morgan fingerprint density at radius 1 is 1.03 bits per heavy atom. The number of allylic oxidation sites excluding steroid dienone is 2. The second-order valence-corrected chi connectivity index (χ2v) is 11.4. The molecule has 1 aliphatic heterocycles. The lowest BCUT2D eigenvalue weighted by Gasteiger charge is -2.56. The predicted octanol–water partition coefficient (Wildman–Crippen LogP) is 5.56. The van der Waals surface area contributed by atoms with Crippen molar-refractivity contribution in [3.05, 3.63) is 53.1 Å². The number of carbonyl (C=O) groups is 1. The smallest absolute Gasteiger partial charge is 0.178 e. The number of hydrogen-bond acceptors (Lipinski definition) is 4. The van der Waals surface area contributed by atoms with Crippen LogP contribution in [0.5, 0.6) is 0 Å². The molecule has 6 rings (SSSR count). The van der Waals surface area contributed by atoms with Gasteiger partial charge in [-0.05, 0) is 74.0 Å². The van der Waals surface area contributed by atoms with Gasteiger partial charge in [0.05, 0.1) is 24.7 Å². The topological polar surface area (TPSA) is 55.8 Å². The average molecular weight is 449 g/mol. The van der Waals surface area contributed by atoms with Gasteiger partial charge in [-0.1, -0.05) is 48.9 Å². The molecule has 33 heavy (non-hydrogen) atoms. The van der Waals surface area contributed by atoms with Crippen molar-refractivity contribution in [1.82, 2.24) is 0 Å². The van der Waals surface area contributed by atoms with Crippen LogP contribution in [0.4, 0.5) is 0 Å². The Bertz CT molecular complexity index is 1030. The summed E-state index contributed by atoms with van der Waals surface area (Å²) in [6.45, 7) is 9.45. The Labute approximate surface area is 197 Å². The second kappa shape index (κ2) is 7.37. The maximum Gasteiger partial charge on any atom is 0.178 e. The van der Waals surface area contributed by atoms with Gasteiger partial charge in [0.25, 0.3) is 0 Å². The number of ether oxygens (including phenoxy) is 2. The lowest BCUT2D eigenvalue weighted by atomic mass is 9.52. The van der Waals surface area contributed by atoms with Crippen molar-refractivity contribution < 1.29 is 19.4 Å². The fourth-order valence-corrected chi connectivity index (χ4v) is 8.22. The van der Waals surface area contributed by atoms with Gasteiger partial charge in [-0.3, -0.25) is 4.79 Å². The first kappa shape index (κ1) is 21.8. The summed E-state index contributed by atoms with van der Waals surface area (Å²) < 4.78 is 12.6. The number of aliphatic hydroxyl groups is 1. The van der Waals surface area contributed by atoms with E-state index in [1.807, 2.05) is 6.92 Å². The lowest BCUT2D eigenvalue weighted by molar-refractivity contribution is -0.225. The van der Waals surface area contributed by atoms with Gasteiger partial charge >= 0.3 is 0 Å². The molecule has 1 unspecified atom stereocenters. The monoisotopic (exact) mass is 448 g/mol. The first-order chi connectivity index (χ1) is 15.8. The molecular weight excluding hydrogens is 412 g/mol. The van der Waals surface area contributed by atoms with Crippen molar-refractivity contribution in [2.24, 2.45) is 17.3 Å². The van der Waals surface area contributed by atoms with Gasteiger partial charge in [-0.25, -0.2) is 0 Å². The summed E-state index contributed by atoms with van der Waals surface area (Å²) in [5.41, 5.74) is 4.80. The minimum Gasteiger partial charge on any atom is -0.385 e. The molecule has 0 radical (unpaired) electrons. The molecule has 1 aromatic carbocycles. The van der Waals surface area contributed by atoms with Crippen molar-refractivity contribution in [2.75, 3.05) is 13.2 Å². The summed E-state index contributed by atoms with van der Waals surface area (Å²) in [5, 5.41) is 12.5. The normalized spacial score (nSPS) is 39.4. The van der Waals surface area contributed by atoms with Crippen molar-refractivity contribution in [1.29, 1.82) is 0 Å². The summed E-state index contributed by atoms with van der Waals surface area (Å²) in [5.74, 6) is 0.332. The zero-order valence-electron chi connectivity index (χ0n) is 20.0. The molecule has 1 heterocycles. The first-order valence-corrected chi connectivity index (χ1v) is 12.8. The standard InChI is InChI=1S/C29H36O4/c1-18(2)19-4-6-20(7-5-19)26-28(31)14-11-21-22(10-13-27(3)23(21)8-9-25(27)30)24(28)12-15-29(26)32-16-17-33-29/h4-7,21,23,26,31H,1,8-17H2,2-3H3/t21-,23+,26?,27+,28+/m1/s1. The Morgan fingerprint density at radius 3 is 2.45 bits per heavy atom. The number of hydrogen-bond donors (Lipinski definition) is 1. The Kier molecular flexibility index (Phi) is 4.86. The number of rotatable bonds is 2. The average Bonchev–Trinajstić information content (AvgIpc) is 3.38. The molecule has 0 amide bonds. The highest BCUT2D eigenvalue weighted by Crippen LogP contribution is 2.63. The zero-order chi connectivity index (χ0) is 23.0. The molecule has 5 atom stereocenters. The van der Waals surface area contributed by atoms with E-state index in [1.165, 1.54) is 11.1 Å². The summed E-state index contributed by atoms with van der Waals surface area (Å²) in [6.07, 6.45) is 6.85. The Balaban J connectivity index is 1.45. The minimum atomic E-state index is -0.963.